The summed E-state index contributed by atoms with van der Waals surface area (Å²) in [5, 5.41) is 0. The van der Waals surface area contributed by atoms with Crippen molar-refractivity contribution in [1.82, 2.24) is 0 Å². The van der Waals surface area contributed by atoms with Crippen LogP contribution >= 0.6 is 0 Å². The van der Waals surface area contributed by atoms with Gasteiger partial charge in [-0.25, -0.2) is 0 Å². The number of ketones is 1. The van der Waals surface area contributed by atoms with Crippen LogP contribution in [0.5, 0.6) is 0 Å². The van der Waals surface area contributed by atoms with Gasteiger partial charge in [0.1, 0.15) is 5.76 Å². The summed E-state index contributed by atoms with van der Waals surface area (Å²) in [5.74, 6) is 1.69. The fourth-order valence-electron chi connectivity index (χ4n) is 5.82. The van der Waals surface area contributed by atoms with E-state index in [4.69, 9.17) is 9.16 Å². The molecular weight excluding hydrogens is 424 g/mol. The summed E-state index contributed by atoms with van der Waals surface area (Å²) in [6.07, 6.45) is 3.21. The molecule has 186 valence electrons. The Morgan fingerprint density at radius 1 is 0.970 bits per heavy atom. The standard InChI is InChI=1S/C29H48O3Si/c1-10-27-28(31-19-20(2)3)18-26(29(27)30)17-25-13-11-12-24(16-25)14-15-32-33(21(4)5,22(6)7)23(8)9/h11-13,16,20-23,26H,10,14-15,17-19H2,1-9H3. The van der Waals surface area contributed by atoms with Crippen LogP contribution < -0.4 is 0 Å². The van der Waals surface area contributed by atoms with Gasteiger partial charge in [0, 0.05) is 24.5 Å². The number of Topliss-reactive ketones (excluding diaryl/α,β-unsaturated/α-hetero) is 1. The number of ether oxygens (including phenoxy) is 1. The first-order chi connectivity index (χ1) is 15.5. The highest BCUT2D eigenvalue weighted by atomic mass is 28.4. The highest BCUT2D eigenvalue weighted by Gasteiger charge is 2.44. The summed E-state index contributed by atoms with van der Waals surface area (Å²) in [6, 6.07) is 8.76. The van der Waals surface area contributed by atoms with Gasteiger partial charge in [0.05, 0.1) is 6.61 Å². The van der Waals surface area contributed by atoms with Crippen molar-refractivity contribution < 1.29 is 14.0 Å². The van der Waals surface area contributed by atoms with Gasteiger partial charge in [-0.1, -0.05) is 86.6 Å². The third-order valence-corrected chi connectivity index (χ3v) is 13.4. The van der Waals surface area contributed by atoms with E-state index in [1.165, 1.54) is 11.1 Å². The lowest BCUT2D eigenvalue weighted by molar-refractivity contribution is -0.118. The second-order valence-electron chi connectivity index (χ2n) is 11.2. The van der Waals surface area contributed by atoms with Crippen LogP contribution in [0.15, 0.2) is 35.6 Å². The minimum absolute atomic E-state index is 0.0106. The molecule has 0 spiro atoms. The average molecular weight is 473 g/mol. The minimum Gasteiger partial charge on any atom is -0.497 e. The van der Waals surface area contributed by atoms with Gasteiger partial charge < -0.3 is 9.16 Å². The van der Waals surface area contributed by atoms with Crippen molar-refractivity contribution >= 4 is 14.1 Å². The fourth-order valence-corrected chi connectivity index (χ4v) is 11.3. The van der Waals surface area contributed by atoms with Crippen molar-refractivity contribution in [2.45, 2.75) is 105 Å². The zero-order valence-electron chi connectivity index (χ0n) is 22.7. The van der Waals surface area contributed by atoms with Gasteiger partial charge >= 0.3 is 0 Å². The molecule has 2 rings (SSSR count). The zero-order valence-corrected chi connectivity index (χ0v) is 23.7. The summed E-state index contributed by atoms with van der Waals surface area (Å²) in [4.78, 5) is 13.0. The SMILES string of the molecule is CCC1=C(OCC(C)C)CC(Cc2cccc(CCO[Si](C(C)C)(C(C)C)C(C)C)c2)C1=O. The van der Waals surface area contributed by atoms with Crippen molar-refractivity contribution in [2.75, 3.05) is 13.2 Å². The maximum Gasteiger partial charge on any atom is 0.200 e. The van der Waals surface area contributed by atoms with Crippen molar-refractivity contribution in [3.05, 3.63) is 46.7 Å². The van der Waals surface area contributed by atoms with Gasteiger partial charge in [0.2, 0.25) is 0 Å². The Morgan fingerprint density at radius 2 is 1.58 bits per heavy atom. The Morgan fingerprint density at radius 3 is 2.12 bits per heavy atom. The van der Waals surface area contributed by atoms with E-state index in [1.807, 2.05) is 0 Å². The largest absolute Gasteiger partial charge is 0.497 e. The highest BCUT2D eigenvalue weighted by molar-refractivity contribution is 6.77. The summed E-state index contributed by atoms with van der Waals surface area (Å²) in [6.45, 7) is 21.8. The van der Waals surface area contributed by atoms with E-state index in [-0.39, 0.29) is 11.7 Å². The molecule has 0 fully saturated rings. The van der Waals surface area contributed by atoms with Gasteiger partial charge in [-0.2, -0.15) is 0 Å². The summed E-state index contributed by atoms with van der Waals surface area (Å²) < 4.78 is 12.8. The van der Waals surface area contributed by atoms with E-state index in [0.717, 1.165) is 43.6 Å². The van der Waals surface area contributed by atoms with Crippen LogP contribution in [0.1, 0.15) is 86.3 Å². The molecule has 0 aromatic heterocycles. The fraction of sp³-hybridized carbons (Fsp3) is 0.690. The van der Waals surface area contributed by atoms with Crippen LogP contribution in [-0.2, 0) is 26.8 Å². The Balaban J connectivity index is 2.02. The molecule has 0 N–H and O–H groups in total. The van der Waals surface area contributed by atoms with Crippen LogP contribution in [0.25, 0.3) is 0 Å². The van der Waals surface area contributed by atoms with Crippen LogP contribution in [-0.4, -0.2) is 27.3 Å². The zero-order chi connectivity index (χ0) is 24.8. The topological polar surface area (TPSA) is 35.5 Å². The van der Waals surface area contributed by atoms with E-state index in [9.17, 15) is 4.79 Å². The molecule has 0 aliphatic heterocycles. The number of hydrogen-bond acceptors (Lipinski definition) is 3. The second-order valence-corrected chi connectivity index (χ2v) is 16.6. The number of carbonyl (C=O) groups excluding carboxylic acids is 1. The monoisotopic (exact) mass is 472 g/mol. The summed E-state index contributed by atoms with van der Waals surface area (Å²) in [7, 11) is -1.83. The molecule has 1 aliphatic carbocycles. The first-order valence-electron chi connectivity index (χ1n) is 13.1. The molecule has 1 atom stereocenters. The lowest BCUT2D eigenvalue weighted by Gasteiger charge is -2.42. The number of allylic oxidation sites excluding steroid dienone is 2. The average Bonchev–Trinajstić information content (AvgIpc) is 3.03. The van der Waals surface area contributed by atoms with E-state index < -0.39 is 8.32 Å². The molecule has 0 saturated carbocycles. The van der Waals surface area contributed by atoms with Crippen LogP contribution in [0.2, 0.25) is 16.6 Å². The Bertz CT molecular complexity index is 785. The van der Waals surface area contributed by atoms with E-state index >= 15 is 0 Å². The predicted octanol–water partition coefficient (Wildman–Crippen LogP) is 7.89. The molecule has 3 nitrogen and oxygen atoms in total. The molecule has 0 amide bonds. The third-order valence-electron chi connectivity index (χ3n) is 7.30. The molecule has 0 bridgehead atoms. The van der Waals surface area contributed by atoms with Gasteiger partial charge in [-0.15, -0.1) is 0 Å². The van der Waals surface area contributed by atoms with Crippen molar-refractivity contribution in [2.24, 2.45) is 11.8 Å². The van der Waals surface area contributed by atoms with Crippen molar-refractivity contribution in [3.8, 4) is 0 Å². The molecular formula is C29H48O3Si. The minimum atomic E-state index is -1.83. The van der Waals surface area contributed by atoms with E-state index in [1.54, 1.807) is 0 Å². The van der Waals surface area contributed by atoms with E-state index in [2.05, 4.69) is 86.6 Å². The first-order valence-corrected chi connectivity index (χ1v) is 15.3. The van der Waals surface area contributed by atoms with Crippen LogP contribution in [0.3, 0.4) is 0 Å². The van der Waals surface area contributed by atoms with Gasteiger partial charge in [0.25, 0.3) is 0 Å². The summed E-state index contributed by atoms with van der Waals surface area (Å²) in [5.41, 5.74) is 5.25. The Hall–Kier alpha value is -1.39. The maximum atomic E-state index is 13.0. The lowest BCUT2D eigenvalue weighted by atomic mass is 9.93. The maximum absolute atomic E-state index is 13.0. The lowest BCUT2D eigenvalue weighted by Crippen LogP contribution is -2.48. The van der Waals surface area contributed by atoms with Gasteiger partial charge in [-0.3, -0.25) is 4.79 Å². The number of carbonyl (C=O) groups is 1. The molecule has 0 heterocycles. The molecule has 1 aliphatic rings. The van der Waals surface area contributed by atoms with Crippen LogP contribution in [0.4, 0.5) is 0 Å². The van der Waals surface area contributed by atoms with Crippen molar-refractivity contribution in [1.29, 1.82) is 0 Å². The van der Waals surface area contributed by atoms with Crippen molar-refractivity contribution in [3.63, 3.8) is 0 Å². The Labute approximate surface area is 204 Å². The molecule has 1 aromatic carbocycles. The molecule has 33 heavy (non-hydrogen) atoms. The number of hydrogen-bond donors (Lipinski definition) is 0. The number of rotatable bonds is 13. The molecule has 1 aromatic rings. The molecule has 4 heteroatoms. The third kappa shape index (κ3) is 6.82. The molecule has 1 unspecified atom stereocenters. The summed E-state index contributed by atoms with van der Waals surface area (Å²) >= 11 is 0. The van der Waals surface area contributed by atoms with E-state index in [0.29, 0.717) is 29.1 Å². The quantitative estimate of drug-likeness (QED) is 0.274. The number of benzene rings is 1. The highest BCUT2D eigenvalue weighted by Crippen LogP contribution is 2.42. The molecule has 0 saturated heterocycles. The second kappa shape index (κ2) is 12.4. The Kier molecular flexibility index (Phi) is 10.4. The normalized spacial score (nSPS) is 17.4. The van der Waals surface area contributed by atoms with Gasteiger partial charge in [-0.05, 0) is 52.9 Å². The van der Waals surface area contributed by atoms with Crippen LogP contribution in [0, 0.1) is 11.8 Å². The predicted molar refractivity (Wildman–Crippen MR) is 142 cm³/mol. The smallest absolute Gasteiger partial charge is 0.200 e. The first kappa shape index (κ1) is 27.8. The molecule has 0 radical (unpaired) electrons. The van der Waals surface area contributed by atoms with Gasteiger partial charge in [0.15, 0.2) is 14.1 Å².